The number of anilines is 1. The highest BCUT2D eigenvalue weighted by Crippen LogP contribution is 2.42. The average Bonchev–Trinajstić information content (AvgIpc) is 3.87. The summed E-state index contributed by atoms with van der Waals surface area (Å²) in [4.78, 5) is 40.7. The quantitative estimate of drug-likeness (QED) is 0.0495. The van der Waals surface area contributed by atoms with Gasteiger partial charge in [0.25, 0.3) is 5.91 Å². The first-order valence-corrected chi connectivity index (χ1v) is 26.3. The van der Waals surface area contributed by atoms with Gasteiger partial charge in [0.15, 0.2) is 0 Å². The molecule has 4 aromatic rings. The van der Waals surface area contributed by atoms with Crippen LogP contribution >= 0.6 is 0 Å². The van der Waals surface area contributed by atoms with Crippen LogP contribution in [0.3, 0.4) is 0 Å². The molecule has 0 aliphatic carbocycles. The predicted molar refractivity (Wildman–Crippen MR) is 283 cm³/mol. The lowest BCUT2D eigenvalue weighted by molar-refractivity contribution is -0.121. The Labute approximate surface area is 442 Å². The van der Waals surface area contributed by atoms with Gasteiger partial charge in [-0.05, 0) is 55.2 Å². The summed E-state index contributed by atoms with van der Waals surface area (Å²) in [6.45, 7) is 11.8. The fraction of sp³-hybridized carbons (Fsp3) is 0.571. The fourth-order valence-corrected chi connectivity index (χ4v) is 7.79. The van der Waals surface area contributed by atoms with Crippen LogP contribution in [-0.4, -0.2) is 193 Å². The van der Waals surface area contributed by atoms with E-state index in [-0.39, 0.29) is 17.6 Å². The third-order valence-corrected chi connectivity index (χ3v) is 11.7. The molecule has 0 fully saturated rings. The number of carbonyl (C=O) groups excluding carboxylic acids is 3. The molecule has 2 heterocycles. The molecule has 2 amide bonds. The topological polar surface area (TPSA) is 195 Å². The molecule has 0 spiro atoms. The van der Waals surface area contributed by atoms with Gasteiger partial charge in [0.2, 0.25) is 5.91 Å². The van der Waals surface area contributed by atoms with E-state index in [1.807, 2.05) is 76.4 Å². The van der Waals surface area contributed by atoms with Gasteiger partial charge in [-0.3, -0.25) is 14.4 Å². The van der Waals surface area contributed by atoms with Crippen LogP contribution in [0, 0.1) is 0 Å². The molecule has 75 heavy (non-hydrogen) atoms. The van der Waals surface area contributed by atoms with E-state index < -0.39 is 0 Å². The van der Waals surface area contributed by atoms with E-state index in [4.69, 9.17) is 61.9 Å². The Kier molecular flexibility index (Phi) is 31.3. The van der Waals surface area contributed by atoms with E-state index in [1.165, 1.54) is 0 Å². The van der Waals surface area contributed by atoms with E-state index in [0.717, 1.165) is 39.3 Å². The van der Waals surface area contributed by atoms with Crippen molar-refractivity contribution in [1.82, 2.24) is 15.1 Å². The Hall–Kier alpha value is -5.00. The number of methoxy groups -OCH3 is 1. The van der Waals surface area contributed by atoms with E-state index in [0.29, 0.717) is 203 Å². The summed E-state index contributed by atoms with van der Waals surface area (Å²) in [5, 5.41) is 7.69. The summed E-state index contributed by atoms with van der Waals surface area (Å²) >= 11 is 0. The van der Waals surface area contributed by atoms with Crippen LogP contribution in [0.2, 0.25) is 0 Å². The van der Waals surface area contributed by atoms with Gasteiger partial charge in [0.05, 0.1) is 163 Å². The molecule has 5 rings (SSSR count). The van der Waals surface area contributed by atoms with Crippen LogP contribution in [0.4, 0.5) is 5.69 Å². The van der Waals surface area contributed by atoms with Gasteiger partial charge in [0, 0.05) is 68.5 Å². The van der Waals surface area contributed by atoms with Gasteiger partial charge in [-0.2, -0.15) is 5.10 Å². The van der Waals surface area contributed by atoms with Crippen LogP contribution in [0.15, 0.2) is 79.0 Å². The Bertz CT molecular complexity index is 2170. The number of hydrogen-bond acceptors (Lipinski definition) is 16. The maximum absolute atomic E-state index is 14.0. The molecule has 0 saturated carbocycles. The molecule has 0 radical (unpaired) electrons. The van der Waals surface area contributed by atoms with Gasteiger partial charge in [-0.1, -0.05) is 42.5 Å². The normalized spacial score (nSPS) is 12.0. The molecule has 1 aliphatic heterocycles. The number of Topliss-reactive ketones (excluding diaryl/α,β-unsaturated/α-hetero) is 1. The first-order valence-electron chi connectivity index (χ1n) is 26.3. The monoisotopic (exact) mass is 1050 g/mol. The zero-order chi connectivity index (χ0) is 52.8. The third kappa shape index (κ3) is 23.8. The Morgan fingerprint density at radius 1 is 0.480 bits per heavy atom. The minimum Gasteiger partial charge on any atom is -0.382 e. The van der Waals surface area contributed by atoms with Gasteiger partial charge in [0.1, 0.15) is 11.5 Å². The number of para-hydroxylation sites is 1. The number of hydrogen-bond donors (Lipinski definition) is 1. The third-order valence-electron chi connectivity index (χ3n) is 11.7. The van der Waals surface area contributed by atoms with Crippen LogP contribution in [0.25, 0.3) is 28.1 Å². The van der Waals surface area contributed by atoms with Gasteiger partial charge < -0.3 is 67.1 Å². The number of aromatic nitrogens is 2. The molecule has 19 heteroatoms. The van der Waals surface area contributed by atoms with Crippen molar-refractivity contribution < 1.29 is 71.2 Å². The molecule has 1 N–H and O–H groups in total. The second-order valence-corrected chi connectivity index (χ2v) is 17.2. The molecule has 0 bridgehead atoms. The Morgan fingerprint density at radius 3 is 1.40 bits per heavy atom. The molecule has 0 unspecified atom stereocenters. The smallest absolute Gasteiger partial charge is 0.251 e. The summed E-state index contributed by atoms with van der Waals surface area (Å²) in [5.74, 6) is 0.0200. The summed E-state index contributed by atoms with van der Waals surface area (Å²) in [5.41, 5.74) is 6.76. The summed E-state index contributed by atoms with van der Waals surface area (Å²) < 4.78 is 67.3. The Morgan fingerprint density at radius 2 is 0.907 bits per heavy atom. The second-order valence-electron chi connectivity index (χ2n) is 17.2. The molecule has 1 aromatic heterocycles. The van der Waals surface area contributed by atoms with Crippen molar-refractivity contribution in [3.63, 3.8) is 0 Å². The lowest BCUT2D eigenvalue weighted by atomic mass is 9.93. The first kappa shape index (κ1) is 60.9. The van der Waals surface area contributed by atoms with Crippen molar-refractivity contribution in [2.45, 2.75) is 45.1 Å². The van der Waals surface area contributed by atoms with Crippen LogP contribution in [-0.2, 0) is 73.0 Å². The fourth-order valence-electron chi connectivity index (χ4n) is 7.79. The number of fused-ring (bicyclic) bond motifs is 5. The maximum Gasteiger partial charge on any atom is 0.251 e. The highest BCUT2D eigenvalue weighted by Gasteiger charge is 2.27. The lowest BCUT2D eigenvalue weighted by Gasteiger charge is -2.28. The standard InChI is InChI=1S/C56H80N4O15/c1-57-56(63)46-17-19-48(20-18-46)60-45-52-51-14-6-7-15-53(51)59(44-47-10-3-5-13-50(47)55(52)58-60)54(62)16-8-4-11-49(61)12-9-21-65-24-25-67-28-29-69-32-33-71-36-37-73-40-41-75-43-42-74-39-38-72-35-34-70-31-30-68-27-26-66-23-22-64-2/h3,5-7,10,13-15,17-20,45H,4,8-9,11-12,16,21-44H2,1-2H3,(H,57,63). The SMILES string of the molecule is CNC(=O)c1ccc(-n2cc3c(n2)-c2ccccc2CN(C(=O)CCCCC(=O)CCCOCCOCCOCCOCCOCCOCCOCCOCCOCCOCCOCCOC)c2ccccc2-3)cc1. The number of rotatable bonds is 44. The van der Waals surface area contributed by atoms with Gasteiger partial charge in [-0.15, -0.1) is 0 Å². The van der Waals surface area contributed by atoms with Crippen LogP contribution in [0.1, 0.15) is 54.4 Å². The predicted octanol–water partition coefficient (Wildman–Crippen LogP) is 6.15. The first-order chi connectivity index (χ1) is 37.0. The van der Waals surface area contributed by atoms with Crippen molar-refractivity contribution in [3.05, 3.63) is 90.1 Å². The zero-order valence-corrected chi connectivity index (χ0v) is 44.2. The highest BCUT2D eigenvalue weighted by molar-refractivity contribution is 6.01. The van der Waals surface area contributed by atoms with Crippen molar-refractivity contribution >= 4 is 23.3 Å². The molecule has 0 saturated heterocycles. The number of amides is 2. The summed E-state index contributed by atoms with van der Waals surface area (Å²) in [6.07, 6.45) is 5.06. The van der Waals surface area contributed by atoms with Crippen molar-refractivity contribution in [2.24, 2.45) is 0 Å². The van der Waals surface area contributed by atoms with Crippen molar-refractivity contribution in [1.29, 1.82) is 0 Å². The van der Waals surface area contributed by atoms with Crippen molar-refractivity contribution in [2.75, 3.05) is 171 Å². The largest absolute Gasteiger partial charge is 0.382 e. The molecule has 414 valence electrons. The molecule has 3 aromatic carbocycles. The summed E-state index contributed by atoms with van der Waals surface area (Å²) in [7, 11) is 3.25. The van der Waals surface area contributed by atoms with Crippen molar-refractivity contribution in [3.8, 4) is 28.1 Å². The second kappa shape index (κ2) is 38.5. The number of carbonyl (C=O) groups is 3. The molecule has 1 aliphatic rings. The van der Waals surface area contributed by atoms with Crippen LogP contribution < -0.4 is 10.2 Å². The molecule has 0 atom stereocenters. The number of unbranched alkanes of at least 4 members (excludes halogenated alkanes) is 1. The Balaban J connectivity index is 0.794. The van der Waals surface area contributed by atoms with E-state index >= 15 is 0 Å². The number of ether oxygens (including phenoxy) is 12. The highest BCUT2D eigenvalue weighted by atomic mass is 16.6. The lowest BCUT2D eigenvalue weighted by Crippen LogP contribution is -2.31. The maximum atomic E-state index is 14.0. The minimum atomic E-state index is -0.155. The molecular weight excluding hydrogens is 969 g/mol. The number of nitrogens with zero attached hydrogens (tertiary/aromatic N) is 3. The van der Waals surface area contributed by atoms with E-state index in [2.05, 4.69) is 5.32 Å². The molecule has 19 nitrogen and oxygen atoms in total. The number of benzene rings is 3. The molecular formula is C56H80N4O15. The van der Waals surface area contributed by atoms with E-state index in [9.17, 15) is 14.4 Å². The van der Waals surface area contributed by atoms with Gasteiger partial charge >= 0.3 is 0 Å². The average molecular weight is 1050 g/mol. The summed E-state index contributed by atoms with van der Waals surface area (Å²) in [6, 6.07) is 23.3. The zero-order valence-electron chi connectivity index (χ0n) is 44.2. The van der Waals surface area contributed by atoms with E-state index in [1.54, 1.807) is 26.3 Å². The minimum absolute atomic E-state index is 0.00408. The van der Waals surface area contributed by atoms with Gasteiger partial charge in [-0.25, -0.2) is 4.68 Å². The number of nitrogens with one attached hydrogen (secondary N) is 1. The van der Waals surface area contributed by atoms with Crippen LogP contribution in [0.5, 0.6) is 0 Å². The number of ketones is 1.